The van der Waals surface area contributed by atoms with Crippen molar-refractivity contribution in [1.82, 2.24) is 30.2 Å². The van der Waals surface area contributed by atoms with Gasteiger partial charge in [-0.05, 0) is 89.8 Å². The molecule has 8 rings (SSSR count). The van der Waals surface area contributed by atoms with Crippen molar-refractivity contribution in [2.24, 2.45) is 89.0 Å². The van der Waals surface area contributed by atoms with E-state index in [-0.39, 0.29) is 99.3 Å². The Morgan fingerprint density at radius 3 is 2.00 bits per heavy atom. The van der Waals surface area contributed by atoms with Gasteiger partial charge >= 0.3 is 16.8 Å². The first kappa shape index (κ1) is 68.1. The van der Waals surface area contributed by atoms with Gasteiger partial charge in [-0.25, -0.2) is 15.0 Å². The summed E-state index contributed by atoms with van der Waals surface area (Å²) in [5, 5.41) is 56.3. The molecule has 1 radical (unpaired) electrons. The van der Waals surface area contributed by atoms with Gasteiger partial charge in [-0.15, -0.1) is 0 Å². The van der Waals surface area contributed by atoms with E-state index in [2.05, 4.69) is 25.6 Å². The number of fused-ring (bicyclic) bond motifs is 7. The first-order chi connectivity index (χ1) is 39.5. The number of nitrogens with one attached hydrogen (secondary N) is 3. The summed E-state index contributed by atoms with van der Waals surface area (Å²) in [4.78, 5) is 107. The third-order valence-electron chi connectivity index (χ3n) is 19.2. The first-order valence-corrected chi connectivity index (χ1v) is 28.8. The predicted octanol–water partition coefficient (Wildman–Crippen LogP) is 0.633. The summed E-state index contributed by atoms with van der Waals surface area (Å²) in [6.45, 7) is 18.5. The van der Waals surface area contributed by atoms with Crippen LogP contribution in [-0.2, 0) is 50.3 Å². The van der Waals surface area contributed by atoms with Gasteiger partial charge in [0.1, 0.15) is 24.1 Å². The zero-order chi connectivity index (χ0) is 63.2. The van der Waals surface area contributed by atoms with Gasteiger partial charge in [-0.3, -0.25) is 48.3 Å². The van der Waals surface area contributed by atoms with E-state index in [0.717, 1.165) is 0 Å². The summed E-state index contributed by atoms with van der Waals surface area (Å²) in [6, 6.07) is -0.920. The number of hydrogen-bond acceptors (Lipinski definition) is 20. The van der Waals surface area contributed by atoms with Crippen molar-refractivity contribution in [3.63, 3.8) is 0 Å². The van der Waals surface area contributed by atoms with E-state index in [1.807, 2.05) is 61.5 Å². The topological polar surface area (TPSA) is 480 Å². The molecule has 18 N–H and O–H groups in total. The third kappa shape index (κ3) is 12.9. The summed E-state index contributed by atoms with van der Waals surface area (Å²) >= 11 is 0. The van der Waals surface area contributed by atoms with Gasteiger partial charge in [-0.2, -0.15) is 0 Å². The smallest absolute Gasteiger partial charge is 0.862 e. The summed E-state index contributed by atoms with van der Waals surface area (Å²) in [5.74, 6) is -6.35. The number of imidazole rings is 1. The number of allylic oxidation sites excluding steroid dienone is 6. The standard InChI is InChI=1S/C48H73N11O8.C10H13N5O3.Co/c1-23(60)22-55-38(67)16-17-45(6)29(18-35(52)64)43-48(9)47(8,21-37(54)66)28(12-15-34(51)63)40(59-48)25(3)42-46(7,20-36(53)65)26(10-13-32(49)61)30(56-42)19-31-44(4,5)27(11-14-33(50)62)39(57-31)24(2)41(45)58-43;1-4-6(16)7(17)10(18-4)15-3-14-5-8(11)12-2-13-9(5)15;/h19,23,26-29,43,56,60H,10-18,20-22H2,1-9H3,(H2,49,61)(H2,50,62)(H2,51,63)(H2,52,64)(H2,53,65)(H2,54,66)(H,55,67);2-4,6-7,10,16-17H,1H3,(H2,11,12,13);/q;;+2/p-1/t23-,26-,27-,28-,29+,43-,45-,46+,47+,48+;4-,6-,7-,10-;/m11./s1. The molecule has 0 aromatic carbocycles. The maximum absolute atomic E-state index is 13.5. The van der Waals surface area contributed by atoms with Crippen LogP contribution in [-0.4, -0.2) is 136 Å². The third-order valence-corrected chi connectivity index (χ3v) is 19.2. The zero-order valence-corrected chi connectivity index (χ0v) is 51.6. The predicted molar refractivity (Wildman–Crippen MR) is 314 cm³/mol. The molecule has 6 amide bonds. The molecule has 0 unspecified atom stereocenters. The van der Waals surface area contributed by atoms with Gasteiger partial charge < -0.3 is 75.6 Å². The number of rotatable bonds is 21. The number of amides is 6. The normalized spacial score (nSPS) is 31.8. The van der Waals surface area contributed by atoms with Crippen molar-refractivity contribution in [2.75, 3.05) is 12.3 Å². The van der Waals surface area contributed by atoms with Gasteiger partial charge in [0.15, 0.2) is 17.7 Å². The number of carbonyl (C=O) groups is 6. The van der Waals surface area contributed by atoms with Gasteiger partial charge in [-0.1, -0.05) is 34.6 Å². The minimum Gasteiger partial charge on any atom is -0.862 e. The number of ether oxygens (including phenoxy) is 1. The van der Waals surface area contributed by atoms with Crippen molar-refractivity contribution < 1.29 is 70.7 Å². The number of nitrogens with two attached hydrogens (primary N) is 6. The Bertz CT molecular complexity index is 3240. The Morgan fingerprint density at radius 1 is 0.826 bits per heavy atom. The van der Waals surface area contributed by atoms with E-state index >= 15 is 0 Å². The summed E-state index contributed by atoms with van der Waals surface area (Å²) in [5.41, 5.74) is 35.5. The monoisotopic (exact) mass is 1240 g/mol. The van der Waals surface area contributed by atoms with E-state index < -0.39 is 123 Å². The average Bonchev–Trinajstić information content (AvgIpc) is 1.54. The molecule has 0 spiro atoms. The Labute approximate surface area is 510 Å². The van der Waals surface area contributed by atoms with Crippen molar-refractivity contribution in [2.45, 2.75) is 182 Å². The first-order valence-electron chi connectivity index (χ1n) is 28.8. The maximum atomic E-state index is 13.5. The second kappa shape index (κ2) is 25.8. The Kier molecular flexibility index (Phi) is 20.4. The van der Waals surface area contributed by atoms with Crippen LogP contribution in [0.1, 0.15) is 146 Å². The molecule has 0 saturated carbocycles. The molecule has 27 nitrogen and oxygen atoms in total. The molecular weight excluding hydrogens is 1160 g/mol. The minimum atomic E-state index is -1.40. The van der Waals surface area contributed by atoms with Gasteiger partial charge in [0.05, 0.1) is 30.1 Å². The van der Waals surface area contributed by atoms with Crippen molar-refractivity contribution in [1.29, 1.82) is 5.41 Å². The van der Waals surface area contributed by atoms with Gasteiger partial charge in [0.25, 0.3) is 0 Å². The quantitative estimate of drug-likeness (QED) is 0.0603. The van der Waals surface area contributed by atoms with E-state index in [9.17, 15) is 49.2 Å². The van der Waals surface area contributed by atoms with Crippen LogP contribution in [0, 0.1) is 50.7 Å². The molecule has 86 heavy (non-hydrogen) atoms. The Balaban J connectivity index is 0.000000524. The largest absolute Gasteiger partial charge is 2.00 e. The van der Waals surface area contributed by atoms with E-state index in [0.29, 0.717) is 63.0 Å². The molecule has 6 aliphatic rings. The molecule has 0 aliphatic carbocycles. The van der Waals surface area contributed by atoms with Crippen LogP contribution >= 0.6 is 0 Å². The summed E-state index contributed by atoms with van der Waals surface area (Å²) in [6.07, 6.45) is 0.584. The van der Waals surface area contributed by atoms with Crippen molar-refractivity contribution in [3.8, 4) is 0 Å². The zero-order valence-electron chi connectivity index (χ0n) is 50.5. The SMILES string of the molecule is CC1=C2N=C(C=C3NC(=C(C)C4=N[C@@](C)([C@@H]5N=C1[C@](C)(CCC(=O)NC[C@@H](C)O)[C@H]5CC(N)=O)[C@@](C)(CC(N)=O)[C@@H]4CCC(N)=O)[C@@](C)(CC(N)=O)[C@@H]3CCC(=N)[O-])C(C)(C)[C@@H]2CCC(N)=O.C[C@H]1O[C@@H](n2cnc3c(N)ncnc32)[C@H](O)[C@@H]1O.[Co+2]. The fraction of sp³-hybridized carbons (Fsp3) is 0.638. The number of anilines is 1. The Hall–Kier alpha value is -6.98. The molecule has 8 bridgehead atoms. The number of aliphatic hydroxyl groups is 3. The van der Waals surface area contributed by atoms with E-state index in [4.69, 9.17) is 59.5 Å². The molecular formula is C58H85CoN16O11+. The van der Waals surface area contributed by atoms with Gasteiger partial charge in [0, 0.05) is 125 Å². The number of nitrogen functional groups attached to an aromatic ring is 1. The molecule has 28 heteroatoms. The fourth-order valence-electron chi connectivity index (χ4n) is 14.4. The van der Waals surface area contributed by atoms with Crippen molar-refractivity contribution >= 4 is 75.5 Å². The number of aliphatic imine (C=N–C) groups is 3. The number of hydrogen-bond donors (Lipinski definition) is 12. The minimum absolute atomic E-state index is 0. The molecule has 14 atom stereocenters. The Morgan fingerprint density at radius 2 is 1.44 bits per heavy atom. The van der Waals surface area contributed by atoms with Crippen LogP contribution in [0.3, 0.4) is 0 Å². The molecule has 2 fully saturated rings. The molecule has 2 aromatic rings. The number of aliphatic hydroxyl groups excluding tert-OH is 3. The molecule has 6 aliphatic heterocycles. The summed E-state index contributed by atoms with van der Waals surface area (Å²) < 4.78 is 7.05. The number of primary amides is 5. The number of nitrogens with zero attached hydrogens (tertiary/aromatic N) is 7. The number of carbonyl (C=O) groups excluding carboxylic acids is 6. The van der Waals surface area contributed by atoms with Crippen LogP contribution in [0.15, 0.2) is 61.9 Å². The maximum Gasteiger partial charge on any atom is 2.00 e. The van der Waals surface area contributed by atoms with Crippen LogP contribution in [0.25, 0.3) is 11.2 Å². The van der Waals surface area contributed by atoms with Crippen LogP contribution in [0.4, 0.5) is 5.82 Å². The van der Waals surface area contributed by atoms with Crippen LogP contribution < -0.4 is 50.1 Å². The second-order valence-electron chi connectivity index (χ2n) is 25.4. The molecule has 471 valence electrons. The van der Waals surface area contributed by atoms with Crippen molar-refractivity contribution in [3.05, 3.63) is 47.0 Å². The molecule has 2 saturated heterocycles. The van der Waals surface area contributed by atoms with E-state index in [1.165, 1.54) is 12.7 Å². The fourth-order valence-corrected chi connectivity index (χ4v) is 14.4. The van der Waals surface area contributed by atoms with Crippen LogP contribution in [0.5, 0.6) is 0 Å². The van der Waals surface area contributed by atoms with E-state index in [1.54, 1.807) is 18.4 Å². The average molecular weight is 1240 g/mol. The molecule has 2 aromatic heterocycles. The van der Waals surface area contributed by atoms with Gasteiger partial charge in [0.2, 0.25) is 35.4 Å². The second-order valence-corrected chi connectivity index (χ2v) is 25.4. The molecule has 8 heterocycles. The summed E-state index contributed by atoms with van der Waals surface area (Å²) in [7, 11) is 0. The van der Waals surface area contributed by atoms with Crippen LogP contribution in [0.2, 0.25) is 0 Å². The number of aromatic nitrogens is 4.